The third kappa shape index (κ3) is 2.64. The van der Waals surface area contributed by atoms with Gasteiger partial charge in [0.1, 0.15) is 5.75 Å². The van der Waals surface area contributed by atoms with Gasteiger partial charge >= 0.3 is 0 Å². The van der Waals surface area contributed by atoms with E-state index in [1.165, 1.54) is 0 Å². The van der Waals surface area contributed by atoms with Crippen LogP contribution in [0.25, 0.3) is 0 Å². The molecule has 1 aromatic carbocycles. The van der Waals surface area contributed by atoms with E-state index in [0.29, 0.717) is 13.2 Å². The third-order valence-corrected chi connectivity index (χ3v) is 3.12. The largest absolute Gasteiger partial charge is 0.491 e. The molecule has 4 heteroatoms. The van der Waals surface area contributed by atoms with E-state index in [1.54, 1.807) is 4.90 Å². The van der Waals surface area contributed by atoms with Crippen LogP contribution in [0.3, 0.4) is 0 Å². The van der Waals surface area contributed by atoms with E-state index in [4.69, 9.17) is 10.5 Å². The number of nitrogens with two attached hydrogens (primary N) is 1. The molecule has 98 valence electrons. The molecule has 1 aliphatic heterocycles. The maximum Gasteiger partial charge on any atom is 0.244 e. The number of fused-ring (bicyclic) bond motifs is 1. The van der Waals surface area contributed by atoms with E-state index in [0.717, 1.165) is 30.7 Å². The second-order valence-corrected chi connectivity index (χ2v) is 4.55. The van der Waals surface area contributed by atoms with Crippen LogP contribution in [-0.4, -0.2) is 25.1 Å². The van der Waals surface area contributed by atoms with Crippen molar-refractivity contribution in [1.29, 1.82) is 0 Å². The van der Waals surface area contributed by atoms with E-state index in [1.807, 2.05) is 31.2 Å². The zero-order valence-corrected chi connectivity index (χ0v) is 10.8. The average molecular weight is 248 g/mol. The molecular weight excluding hydrogens is 228 g/mol. The average Bonchev–Trinajstić information content (AvgIpc) is 2.60. The molecule has 1 aromatic rings. The van der Waals surface area contributed by atoms with Crippen LogP contribution in [0.4, 0.5) is 5.69 Å². The van der Waals surface area contributed by atoms with E-state index >= 15 is 0 Å². The number of rotatable bonds is 3. The normalized spacial score (nSPS) is 16.4. The smallest absolute Gasteiger partial charge is 0.244 e. The van der Waals surface area contributed by atoms with Crippen molar-refractivity contribution in [3.8, 4) is 5.75 Å². The Morgan fingerprint density at radius 1 is 1.50 bits per heavy atom. The Labute approximate surface area is 108 Å². The summed E-state index contributed by atoms with van der Waals surface area (Å²) in [5.74, 6) is 0.766. The predicted octanol–water partition coefficient (Wildman–Crippen LogP) is 1.93. The van der Waals surface area contributed by atoms with Gasteiger partial charge in [-0.05, 0) is 25.0 Å². The minimum Gasteiger partial charge on any atom is -0.491 e. The van der Waals surface area contributed by atoms with E-state index in [-0.39, 0.29) is 5.91 Å². The number of hydrogen-bond donors (Lipinski definition) is 1. The van der Waals surface area contributed by atoms with Crippen molar-refractivity contribution in [2.75, 3.05) is 18.1 Å². The fourth-order valence-electron chi connectivity index (χ4n) is 2.19. The van der Waals surface area contributed by atoms with Crippen LogP contribution in [-0.2, 0) is 4.79 Å². The molecule has 0 fully saturated rings. The quantitative estimate of drug-likeness (QED) is 0.889. The molecule has 1 amide bonds. The summed E-state index contributed by atoms with van der Waals surface area (Å²) in [7, 11) is 0. The van der Waals surface area contributed by atoms with E-state index in [2.05, 4.69) is 0 Å². The molecule has 2 N–H and O–H groups in total. The zero-order valence-electron chi connectivity index (χ0n) is 10.8. The van der Waals surface area contributed by atoms with Gasteiger partial charge in [0.05, 0.1) is 18.3 Å². The summed E-state index contributed by atoms with van der Waals surface area (Å²) in [6, 6.07) is 7.22. The van der Waals surface area contributed by atoms with Crippen LogP contribution in [0.2, 0.25) is 0 Å². The molecule has 0 bridgehead atoms. The first-order valence-corrected chi connectivity index (χ1v) is 6.53. The van der Waals surface area contributed by atoms with Crippen molar-refractivity contribution in [2.24, 2.45) is 5.73 Å². The Hall–Kier alpha value is -1.55. The molecule has 4 nitrogen and oxygen atoms in total. The van der Waals surface area contributed by atoms with Crippen molar-refractivity contribution in [3.63, 3.8) is 0 Å². The monoisotopic (exact) mass is 248 g/mol. The molecule has 0 aliphatic carbocycles. The fraction of sp³-hybridized carbons (Fsp3) is 0.500. The summed E-state index contributed by atoms with van der Waals surface area (Å²) < 4.78 is 5.63. The molecule has 0 radical (unpaired) electrons. The Balaban J connectivity index is 2.24. The van der Waals surface area contributed by atoms with Gasteiger partial charge in [-0.25, -0.2) is 0 Å². The van der Waals surface area contributed by atoms with E-state index in [9.17, 15) is 4.79 Å². The second-order valence-electron chi connectivity index (χ2n) is 4.55. The highest BCUT2D eigenvalue weighted by atomic mass is 16.5. The van der Waals surface area contributed by atoms with Crippen LogP contribution < -0.4 is 15.4 Å². The maximum atomic E-state index is 12.3. The van der Waals surface area contributed by atoms with Crippen molar-refractivity contribution < 1.29 is 9.53 Å². The number of anilines is 1. The number of amides is 1. The standard InChI is InChI=1S/C14H20N2O2/c1-2-6-11(15)14(17)16-9-5-10-18-13-8-4-3-7-12(13)16/h3-4,7-8,11H,2,5-6,9-10,15H2,1H3/t11-/m1/s1. The molecule has 18 heavy (non-hydrogen) atoms. The number of hydrogen-bond acceptors (Lipinski definition) is 3. The summed E-state index contributed by atoms with van der Waals surface area (Å²) >= 11 is 0. The topological polar surface area (TPSA) is 55.6 Å². The van der Waals surface area contributed by atoms with Gasteiger partial charge in [0.25, 0.3) is 0 Å². The van der Waals surface area contributed by atoms with Gasteiger partial charge in [0.2, 0.25) is 5.91 Å². The first kappa shape index (κ1) is 12.9. The zero-order chi connectivity index (χ0) is 13.0. The summed E-state index contributed by atoms with van der Waals surface area (Å²) in [6.07, 6.45) is 2.47. The molecular formula is C14H20N2O2. The highest BCUT2D eigenvalue weighted by Gasteiger charge is 2.25. The fourth-order valence-corrected chi connectivity index (χ4v) is 2.19. The predicted molar refractivity (Wildman–Crippen MR) is 71.8 cm³/mol. The van der Waals surface area contributed by atoms with Gasteiger partial charge in [-0.15, -0.1) is 0 Å². The van der Waals surface area contributed by atoms with Crippen molar-refractivity contribution in [1.82, 2.24) is 0 Å². The molecule has 0 spiro atoms. The lowest BCUT2D eigenvalue weighted by Crippen LogP contribution is -2.44. The number of carbonyl (C=O) groups is 1. The molecule has 0 aromatic heterocycles. The third-order valence-electron chi connectivity index (χ3n) is 3.12. The summed E-state index contributed by atoms with van der Waals surface area (Å²) in [4.78, 5) is 14.1. The van der Waals surface area contributed by atoms with Crippen LogP contribution in [0.5, 0.6) is 5.75 Å². The van der Waals surface area contributed by atoms with Gasteiger partial charge in [0, 0.05) is 6.54 Å². The lowest BCUT2D eigenvalue weighted by molar-refractivity contribution is -0.120. The molecule has 1 aliphatic rings. The van der Waals surface area contributed by atoms with Gasteiger partial charge in [-0.1, -0.05) is 25.5 Å². The molecule has 0 saturated heterocycles. The number of benzene rings is 1. The molecule has 2 rings (SSSR count). The summed E-state index contributed by atoms with van der Waals surface area (Å²) in [6.45, 7) is 3.35. The van der Waals surface area contributed by atoms with Crippen LogP contribution in [0, 0.1) is 0 Å². The Bertz CT molecular complexity index is 420. The highest BCUT2D eigenvalue weighted by Crippen LogP contribution is 2.30. The maximum absolute atomic E-state index is 12.3. The van der Waals surface area contributed by atoms with Crippen molar-refractivity contribution >= 4 is 11.6 Å². The Kier molecular flexibility index (Phi) is 4.20. The van der Waals surface area contributed by atoms with Crippen LogP contribution in [0.1, 0.15) is 26.2 Å². The number of ether oxygens (including phenoxy) is 1. The first-order valence-electron chi connectivity index (χ1n) is 6.53. The Morgan fingerprint density at radius 2 is 2.28 bits per heavy atom. The van der Waals surface area contributed by atoms with Crippen molar-refractivity contribution in [2.45, 2.75) is 32.2 Å². The summed E-state index contributed by atoms with van der Waals surface area (Å²) in [5.41, 5.74) is 6.77. The molecule has 0 unspecified atom stereocenters. The minimum atomic E-state index is -0.416. The second kappa shape index (κ2) is 5.87. The van der Waals surface area contributed by atoms with E-state index < -0.39 is 6.04 Å². The van der Waals surface area contributed by atoms with Gasteiger partial charge in [-0.3, -0.25) is 4.79 Å². The molecule has 1 heterocycles. The minimum absolute atomic E-state index is 0.00481. The number of para-hydroxylation sites is 2. The first-order chi connectivity index (χ1) is 8.74. The van der Waals surface area contributed by atoms with Gasteiger partial charge in [-0.2, -0.15) is 0 Å². The van der Waals surface area contributed by atoms with Crippen molar-refractivity contribution in [3.05, 3.63) is 24.3 Å². The number of nitrogens with zero attached hydrogens (tertiary/aromatic N) is 1. The Morgan fingerprint density at radius 3 is 3.06 bits per heavy atom. The lowest BCUT2D eigenvalue weighted by atomic mass is 10.1. The van der Waals surface area contributed by atoms with Crippen LogP contribution in [0.15, 0.2) is 24.3 Å². The SMILES string of the molecule is CCC[C@@H](N)C(=O)N1CCCOc2ccccc21. The molecule has 0 saturated carbocycles. The lowest BCUT2D eigenvalue weighted by Gasteiger charge is -2.24. The highest BCUT2D eigenvalue weighted by molar-refractivity contribution is 5.98. The van der Waals surface area contributed by atoms with Gasteiger partial charge < -0.3 is 15.4 Å². The summed E-state index contributed by atoms with van der Waals surface area (Å²) in [5, 5.41) is 0. The van der Waals surface area contributed by atoms with Crippen LogP contribution >= 0.6 is 0 Å². The molecule has 1 atom stereocenters. The number of carbonyl (C=O) groups excluding carboxylic acids is 1. The van der Waals surface area contributed by atoms with Gasteiger partial charge in [0.15, 0.2) is 0 Å².